The molecule has 0 saturated heterocycles. The van der Waals surface area contributed by atoms with Gasteiger partial charge in [-0.1, -0.05) is 26.7 Å². The Hall–Kier alpha value is -0.0805. The Labute approximate surface area is 200 Å². The summed E-state index contributed by atoms with van der Waals surface area (Å²) in [5.74, 6) is 0. The standard InChI is InChI=1S/C28H52O2Se/c1-5-7-9-11-13-15-17-19-21-29-25(3)27-23-31-24-28(27)26(4)30-22-20-18-16-14-12-10-8-6-2/h23-26H,5-22H2,1-4H3. The van der Waals surface area contributed by atoms with E-state index in [-0.39, 0.29) is 12.2 Å². The van der Waals surface area contributed by atoms with Crippen LogP contribution < -0.4 is 0 Å². The van der Waals surface area contributed by atoms with Crippen LogP contribution in [0.5, 0.6) is 0 Å². The van der Waals surface area contributed by atoms with Crippen LogP contribution in [-0.4, -0.2) is 27.7 Å². The molecular formula is C28H52O2Se. The molecule has 1 heterocycles. The van der Waals surface area contributed by atoms with Gasteiger partial charge in [0.2, 0.25) is 0 Å². The van der Waals surface area contributed by atoms with E-state index in [2.05, 4.69) is 37.6 Å². The van der Waals surface area contributed by atoms with Gasteiger partial charge >= 0.3 is 174 Å². The summed E-state index contributed by atoms with van der Waals surface area (Å²) in [5.41, 5.74) is 2.78. The molecule has 31 heavy (non-hydrogen) atoms. The van der Waals surface area contributed by atoms with Crippen molar-refractivity contribution >= 4 is 14.5 Å². The molecule has 0 aliphatic rings. The van der Waals surface area contributed by atoms with Crippen molar-refractivity contribution < 1.29 is 9.47 Å². The summed E-state index contributed by atoms with van der Waals surface area (Å²) >= 11 is 0.469. The summed E-state index contributed by atoms with van der Waals surface area (Å²) in [7, 11) is 0. The first-order chi connectivity index (χ1) is 15.2. The summed E-state index contributed by atoms with van der Waals surface area (Å²) in [5, 5.41) is 0. The normalized spacial score (nSPS) is 13.5. The van der Waals surface area contributed by atoms with E-state index in [1.54, 1.807) is 0 Å². The third-order valence-electron chi connectivity index (χ3n) is 6.33. The van der Waals surface area contributed by atoms with Crippen molar-refractivity contribution in [1.29, 1.82) is 0 Å². The molecule has 0 aliphatic carbocycles. The molecule has 1 aromatic heterocycles. The summed E-state index contributed by atoms with van der Waals surface area (Å²) in [6, 6.07) is 0. The van der Waals surface area contributed by atoms with Gasteiger partial charge in [-0.15, -0.1) is 0 Å². The van der Waals surface area contributed by atoms with E-state index in [9.17, 15) is 0 Å². The number of unbranched alkanes of at least 4 members (excludes halogenated alkanes) is 14. The van der Waals surface area contributed by atoms with E-state index < -0.39 is 0 Å². The monoisotopic (exact) mass is 500 g/mol. The third-order valence-corrected chi connectivity index (χ3v) is 7.97. The number of rotatable bonds is 22. The predicted molar refractivity (Wildman–Crippen MR) is 137 cm³/mol. The molecule has 1 aromatic rings. The van der Waals surface area contributed by atoms with Crippen LogP contribution in [0, 0.1) is 0 Å². The molecule has 0 spiro atoms. The van der Waals surface area contributed by atoms with Gasteiger partial charge in [0.05, 0.1) is 0 Å². The van der Waals surface area contributed by atoms with Crippen molar-refractivity contribution in [2.45, 2.75) is 143 Å². The van der Waals surface area contributed by atoms with Crippen LogP contribution in [0.25, 0.3) is 0 Å². The first kappa shape index (κ1) is 29.0. The van der Waals surface area contributed by atoms with Crippen LogP contribution in [-0.2, 0) is 9.47 Å². The molecule has 3 heteroatoms. The Kier molecular flexibility index (Phi) is 19.2. The molecule has 2 atom stereocenters. The Balaban J connectivity index is 2.13. The summed E-state index contributed by atoms with van der Waals surface area (Å²) in [6.45, 7) is 10.8. The van der Waals surface area contributed by atoms with Crippen molar-refractivity contribution in [3.05, 3.63) is 21.0 Å². The summed E-state index contributed by atoms with van der Waals surface area (Å²) in [4.78, 5) is 4.80. The van der Waals surface area contributed by atoms with Crippen molar-refractivity contribution in [3.8, 4) is 0 Å². The second-order valence-electron chi connectivity index (χ2n) is 9.26. The molecule has 0 saturated carbocycles. The van der Waals surface area contributed by atoms with E-state index in [0.29, 0.717) is 14.5 Å². The average Bonchev–Trinajstić information content (AvgIpc) is 3.27. The van der Waals surface area contributed by atoms with Crippen molar-refractivity contribution in [2.24, 2.45) is 0 Å². The van der Waals surface area contributed by atoms with E-state index >= 15 is 0 Å². The zero-order chi connectivity index (χ0) is 22.6. The second-order valence-corrected chi connectivity index (χ2v) is 10.8. The zero-order valence-electron chi connectivity index (χ0n) is 21.3. The number of ether oxygens (including phenoxy) is 2. The smallest absolute Gasteiger partial charge is 0.0654 e. The first-order valence-electron chi connectivity index (χ1n) is 13.5. The first-order valence-corrected chi connectivity index (χ1v) is 15.5. The van der Waals surface area contributed by atoms with Crippen LogP contribution in [0.3, 0.4) is 0 Å². The van der Waals surface area contributed by atoms with Gasteiger partial charge in [-0.3, -0.25) is 0 Å². The molecule has 0 fully saturated rings. The van der Waals surface area contributed by atoms with Gasteiger partial charge in [-0.2, -0.15) is 0 Å². The molecule has 0 amide bonds. The minimum Gasteiger partial charge on any atom is -0.0654 e. The van der Waals surface area contributed by atoms with E-state index in [4.69, 9.17) is 9.47 Å². The molecule has 0 N–H and O–H groups in total. The molecule has 0 aliphatic heterocycles. The van der Waals surface area contributed by atoms with Gasteiger partial charge in [-0.25, -0.2) is 0 Å². The van der Waals surface area contributed by atoms with Crippen LogP contribution in [0.2, 0.25) is 0 Å². The fourth-order valence-electron chi connectivity index (χ4n) is 4.15. The van der Waals surface area contributed by atoms with Gasteiger partial charge in [0.25, 0.3) is 0 Å². The molecule has 2 unspecified atom stereocenters. The fraction of sp³-hybridized carbons (Fsp3) is 0.857. The maximum absolute atomic E-state index is 6.19. The molecule has 1 rings (SSSR count). The Morgan fingerprint density at radius 1 is 0.548 bits per heavy atom. The molecular weight excluding hydrogens is 447 g/mol. The van der Waals surface area contributed by atoms with Crippen LogP contribution >= 0.6 is 0 Å². The predicted octanol–water partition coefficient (Wildman–Crippen LogP) is 9.18. The van der Waals surface area contributed by atoms with Gasteiger partial charge in [0.1, 0.15) is 0 Å². The van der Waals surface area contributed by atoms with Crippen LogP contribution in [0.1, 0.15) is 154 Å². The van der Waals surface area contributed by atoms with E-state index in [1.165, 1.54) is 114 Å². The SMILES string of the molecule is CCCCCCCCCCOC(C)c1c[se]cc1C(C)OCCCCCCCCCC. The zero-order valence-corrected chi connectivity index (χ0v) is 23.0. The second kappa shape index (κ2) is 20.5. The van der Waals surface area contributed by atoms with Gasteiger partial charge in [-0.05, 0) is 0 Å². The molecule has 0 bridgehead atoms. The molecule has 0 radical (unpaired) electrons. The Morgan fingerprint density at radius 2 is 0.871 bits per heavy atom. The quantitative estimate of drug-likeness (QED) is 0.117. The van der Waals surface area contributed by atoms with E-state index in [1.807, 2.05) is 0 Å². The average molecular weight is 500 g/mol. The van der Waals surface area contributed by atoms with Crippen LogP contribution in [0.4, 0.5) is 0 Å². The fourth-order valence-corrected chi connectivity index (χ4v) is 6.28. The minimum atomic E-state index is 0.203. The number of hydrogen-bond donors (Lipinski definition) is 0. The van der Waals surface area contributed by atoms with Gasteiger partial charge in [0.15, 0.2) is 0 Å². The van der Waals surface area contributed by atoms with Crippen molar-refractivity contribution in [3.63, 3.8) is 0 Å². The molecule has 0 aromatic carbocycles. The topological polar surface area (TPSA) is 18.5 Å². The third kappa shape index (κ3) is 14.6. The van der Waals surface area contributed by atoms with Crippen molar-refractivity contribution in [2.75, 3.05) is 13.2 Å². The Morgan fingerprint density at radius 3 is 1.23 bits per heavy atom. The minimum absolute atomic E-state index is 0.203. The molecule has 2 nitrogen and oxygen atoms in total. The van der Waals surface area contributed by atoms with Gasteiger partial charge < -0.3 is 0 Å². The van der Waals surface area contributed by atoms with E-state index in [0.717, 1.165) is 13.2 Å². The summed E-state index contributed by atoms with van der Waals surface area (Å²) < 4.78 is 12.4. The Bertz CT molecular complexity index is 456. The maximum atomic E-state index is 6.19. The summed E-state index contributed by atoms with van der Waals surface area (Å²) in [6.07, 6.45) is 22.0. The van der Waals surface area contributed by atoms with Crippen molar-refractivity contribution in [1.82, 2.24) is 0 Å². The molecule has 182 valence electrons. The number of hydrogen-bond acceptors (Lipinski definition) is 2. The van der Waals surface area contributed by atoms with Gasteiger partial charge in [0, 0.05) is 0 Å². The van der Waals surface area contributed by atoms with Crippen LogP contribution in [0.15, 0.2) is 9.88 Å².